The molecule has 0 saturated carbocycles. The number of imidazole rings is 1. The number of carbonyl (C=O) groups excluding carboxylic acids is 2. The first kappa shape index (κ1) is 23.6. The van der Waals surface area contributed by atoms with Gasteiger partial charge in [-0.1, -0.05) is 6.07 Å². The minimum absolute atomic E-state index is 0.0582. The molecule has 180 valence electrons. The Morgan fingerprint density at radius 1 is 1.09 bits per heavy atom. The van der Waals surface area contributed by atoms with E-state index in [0.29, 0.717) is 47.3 Å². The van der Waals surface area contributed by atoms with Crippen LogP contribution in [0.3, 0.4) is 0 Å². The molecule has 0 radical (unpaired) electrons. The summed E-state index contributed by atoms with van der Waals surface area (Å²) in [5.41, 5.74) is 9.23. The average molecular weight is 474 g/mol. The Bertz CT molecular complexity index is 1400. The molecule has 10 heteroatoms. The molecule has 0 atom stereocenters. The number of carboxylic acids is 1. The number of aliphatic carboxylic acids is 1. The van der Waals surface area contributed by atoms with E-state index in [1.165, 1.54) is 0 Å². The summed E-state index contributed by atoms with van der Waals surface area (Å²) in [7, 11) is 3.13. The largest absolute Gasteiger partial charge is 0.550 e. The van der Waals surface area contributed by atoms with Crippen LogP contribution in [0.25, 0.3) is 16.9 Å². The third kappa shape index (κ3) is 5.16. The van der Waals surface area contributed by atoms with Crippen LogP contribution in [0.2, 0.25) is 0 Å². The minimum Gasteiger partial charge on any atom is -0.550 e. The lowest BCUT2D eigenvalue weighted by Gasteiger charge is -2.15. The summed E-state index contributed by atoms with van der Waals surface area (Å²) < 4.78 is 12.5. The first-order valence-corrected chi connectivity index (χ1v) is 10.9. The second-order valence-corrected chi connectivity index (χ2v) is 7.78. The molecule has 3 N–H and O–H groups in total. The first-order valence-electron chi connectivity index (χ1n) is 10.9. The van der Waals surface area contributed by atoms with Crippen LogP contribution in [0.4, 0.5) is 11.6 Å². The van der Waals surface area contributed by atoms with Crippen LogP contribution < -0.4 is 25.6 Å². The van der Waals surface area contributed by atoms with Gasteiger partial charge in [0.1, 0.15) is 5.65 Å². The zero-order chi connectivity index (χ0) is 24.9. The Balaban J connectivity index is 1.71. The normalized spacial score (nSPS) is 10.8. The highest BCUT2D eigenvalue weighted by Crippen LogP contribution is 2.33. The first-order chi connectivity index (χ1) is 16.9. The number of ether oxygens (including phenoxy) is 2. The predicted molar refractivity (Wildman–Crippen MR) is 128 cm³/mol. The second-order valence-electron chi connectivity index (χ2n) is 7.78. The number of aromatic nitrogens is 3. The fraction of sp³-hybridized carbons (Fsp3) is 0.200. The van der Waals surface area contributed by atoms with Crippen molar-refractivity contribution in [2.45, 2.75) is 19.3 Å². The fourth-order valence-corrected chi connectivity index (χ4v) is 3.77. The van der Waals surface area contributed by atoms with Crippen molar-refractivity contribution in [3.63, 3.8) is 0 Å². The van der Waals surface area contributed by atoms with E-state index in [4.69, 9.17) is 20.2 Å². The highest BCUT2D eigenvalue weighted by atomic mass is 16.5. The number of anilines is 2. The molecule has 2 heterocycles. The fourth-order valence-electron chi connectivity index (χ4n) is 3.77. The third-order valence-electron chi connectivity index (χ3n) is 5.51. The molecule has 0 aliphatic heterocycles. The standard InChI is InChI=1S/C25H25N5O5/c1-34-20-9-7-16(13-21(20)35-2)19-14-22-27-10-11-30(22)25(29-19)28-18-8-6-15(4-3-5-23(31)32)12-17(18)24(26)33/h6-14H,3-5H2,1-2H3,(H2,26,33)(H,28,29)(H,31,32)/p-1. The topological polar surface area (TPSA) is 144 Å². The van der Waals surface area contributed by atoms with E-state index in [0.717, 1.165) is 11.1 Å². The lowest BCUT2D eigenvalue weighted by atomic mass is 10.0. The summed E-state index contributed by atoms with van der Waals surface area (Å²) in [4.78, 5) is 32.0. The Morgan fingerprint density at radius 2 is 1.89 bits per heavy atom. The van der Waals surface area contributed by atoms with Crippen molar-refractivity contribution >= 4 is 29.2 Å². The lowest BCUT2D eigenvalue weighted by molar-refractivity contribution is -0.305. The summed E-state index contributed by atoms with van der Waals surface area (Å²) in [6.45, 7) is 0. The smallest absolute Gasteiger partial charge is 0.250 e. The zero-order valence-corrected chi connectivity index (χ0v) is 19.3. The van der Waals surface area contributed by atoms with Crippen molar-refractivity contribution < 1.29 is 24.2 Å². The number of hydrogen-bond acceptors (Lipinski definition) is 8. The van der Waals surface area contributed by atoms with Crippen molar-refractivity contribution in [1.29, 1.82) is 0 Å². The molecule has 0 bridgehead atoms. The highest BCUT2D eigenvalue weighted by molar-refractivity contribution is 5.99. The number of nitrogens with one attached hydrogen (secondary N) is 1. The maximum absolute atomic E-state index is 12.2. The van der Waals surface area contributed by atoms with E-state index in [2.05, 4.69) is 10.3 Å². The van der Waals surface area contributed by atoms with Crippen LogP contribution in [0.15, 0.2) is 54.9 Å². The van der Waals surface area contributed by atoms with E-state index < -0.39 is 11.9 Å². The van der Waals surface area contributed by atoms with Gasteiger partial charge in [-0.15, -0.1) is 0 Å². The predicted octanol–water partition coefficient (Wildman–Crippen LogP) is 2.33. The van der Waals surface area contributed by atoms with E-state index in [1.54, 1.807) is 49.2 Å². The van der Waals surface area contributed by atoms with Gasteiger partial charge in [0.15, 0.2) is 11.5 Å². The third-order valence-corrected chi connectivity index (χ3v) is 5.51. The van der Waals surface area contributed by atoms with Crippen molar-refractivity contribution in [2.24, 2.45) is 5.73 Å². The van der Waals surface area contributed by atoms with Gasteiger partial charge in [-0.3, -0.25) is 9.20 Å². The van der Waals surface area contributed by atoms with Gasteiger partial charge in [0.05, 0.1) is 31.2 Å². The van der Waals surface area contributed by atoms with Crippen molar-refractivity contribution in [3.05, 3.63) is 66.0 Å². The molecule has 1 amide bonds. The number of aryl methyl sites for hydroxylation is 1. The molecule has 10 nitrogen and oxygen atoms in total. The van der Waals surface area contributed by atoms with Gasteiger partial charge < -0.3 is 30.4 Å². The molecule has 0 unspecified atom stereocenters. The maximum atomic E-state index is 12.2. The van der Waals surface area contributed by atoms with Gasteiger partial charge in [-0.25, -0.2) is 9.97 Å². The zero-order valence-electron chi connectivity index (χ0n) is 19.3. The molecule has 35 heavy (non-hydrogen) atoms. The summed E-state index contributed by atoms with van der Waals surface area (Å²) >= 11 is 0. The monoisotopic (exact) mass is 474 g/mol. The number of nitrogens with zero attached hydrogens (tertiary/aromatic N) is 3. The number of amides is 1. The molecule has 0 spiro atoms. The van der Waals surface area contributed by atoms with Crippen molar-refractivity contribution in [3.8, 4) is 22.8 Å². The van der Waals surface area contributed by atoms with Gasteiger partial charge >= 0.3 is 0 Å². The van der Waals surface area contributed by atoms with Crippen molar-refractivity contribution in [2.75, 3.05) is 19.5 Å². The molecule has 0 saturated heterocycles. The molecule has 4 aromatic rings. The number of nitrogens with two attached hydrogens (primary N) is 1. The Morgan fingerprint density at radius 3 is 2.60 bits per heavy atom. The van der Waals surface area contributed by atoms with Gasteiger partial charge in [-0.2, -0.15) is 0 Å². The number of benzene rings is 2. The number of hydrogen-bond donors (Lipinski definition) is 2. The summed E-state index contributed by atoms with van der Waals surface area (Å²) in [6, 6.07) is 12.5. The van der Waals surface area contributed by atoms with Crippen LogP contribution in [0, 0.1) is 0 Å². The van der Waals surface area contributed by atoms with E-state index in [-0.39, 0.29) is 12.0 Å². The summed E-state index contributed by atoms with van der Waals surface area (Å²) in [5, 5.41) is 13.9. The van der Waals surface area contributed by atoms with Crippen LogP contribution >= 0.6 is 0 Å². The highest BCUT2D eigenvalue weighted by Gasteiger charge is 2.15. The number of methoxy groups -OCH3 is 2. The Kier molecular flexibility index (Phi) is 6.81. The quantitative estimate of drug-likeness (QED) is 0.356. The van der Waals surface area contributed by atoms with E-state index >= 15 is 0 Å². The SMILES string of the molecule is COc1ccc(-c2cc3nccn3c(Nc3ccc(CCCC(=O)[O-])cc3C(N)=O)n2)cc1OC. The molecule has 2 aromatic heterocycles. The number of rotatable bonds is 10. The molecule has 0 aliphatic carbocycles. The number of fused-ring (bicyclic) bond motifs is 1. The average Bonchev–Trinajstić information content (AvgIpc) is 3.33. The molecular formula is C25H24N5O5-. The van der Waals surface area contributed by atoms with Gasteiger partial charge in [0.2, 0.25) is 5.95 Å². The van der Waals surface area contributed by atoms with Crippen LogP contribution in [0.1, 0.15) is 28.8 Å². The summed E-state index contributed by atoms with van der Waals surface area (Å²) in [5.74, 6) is -0.135. The Labute approximate surface area is 201 Å². The summed E-state index contributed by atoms with van der Waals surface area (Å²) in [6.07, 6.45) is 4.22. The maximum Gasteiger partial charge on any atom is 0.250 e. The van der Waals surface area contributed by atoms with Crippen LogP contribution in [-0.4, -0.2) is 40.5 Å². The number of carboxylic acid groups (broad SMARTS) is 1. The molecular weight excluding hydrogens is 450 g/mol. The molecule has 0 fully saturated rings. The molecule has 0 aliphatic rings. The van der Waals surface area contributed by atoms with Gasteiger partial charge in [0, 0.05) is 30.0 Å². The second kappa shape index (κ2) is 10.1. The lowest BCUT2D eigenvalue weighted by Crippen LogP contribution is -2.21. The number of primary amides is 1. The van der Waals surface area contributed by atoms with Gasteiger partial charge in [0.25, 0.3) is 5.91 Å². The van der Waals surface area contributed by atoms with Crippen molar-refractivity contribution in [1.82, 2.24) is 14.4 Å². The number of carbonyl (C=O) groups is 2. The van der Waals surface area contributed by atoms with Gasteiger partial charge in [-0.05, 0) is 55.2 Å². The molecule has 4 rings (SSSR count). The Hall–Kier alpha value is -4.60. The van der Waals surface area contributed by atoms with Crippen LogP contribution in [-0.2, 0) is 11.2 Å². The molecule has 2 aromatic carbocycles. The van der Waals surface area contributed by atoms with Crippen LogP contribution in [0.5, 0.6) is 11.5 Å². The van der Waals surface area contributed by atoms with E-state index in [9.17, 15) is 14.7 Å². The minimum atomic E-state index is -1.11. The van der Waals surface area contributed by atoms with E-state index in [1.807, 2.05) is 24.3 Å².